The lowest BCUT2D eigenvalue weighted by molar-refractivity contribution is 0.0297. The number of benzene rings is 2. The second-order valence-corrected chi connectivity index (χ2v) is 8.83. The fourth-order valence-corrected chi connectivity index (χ4v) is 5.15. The predicted octanol–water partition coefficient (Wildman–Crippen LogP) is 4.37. The van der Waals surface area contributed by atoms with Crippen molar-refractivity contribution in [1.29, 1.82) is 5.26 Å². The molecular formula is C25H28N2O3. The molecule has 3 aliphatic rings. The van der Waals surface area contributed by atoms with Crippen molar-refractivity contribution in [1.82, 2.24) is 0 Å². The van der Waals surface area contributed by atoms with Crippen LogP contribution in [0.5, 0.6) is 11.5 Å². The highest BCUT2D eigenvalue weighted by molar-refractivity contribution is 5.79. The van der Waals surface area contributed by atoms with Crippen molar-refractivity contribution < 1.29 is 14.6 Å². The van der Waals surface area contributed by atoms with E-state index in [1.807, 2.05) is 30.3 Å². The summed E-state index contributed by atoms with van der Waals surface area (Å²) in [5.74, 6) is 2.96. The van der Waals surface area contributed by atoms with Crippen LogP contribution in [0.15, 0.2) is 36.4 Å². The summed E-state index contributed by atoms with van der Waals surface area (Å²) in [6.45, 7) is 3.09. The van der Waals surface area contributed by atoms with Gasteiger partial charge in [0.25, 0.3) is 0 Å². The van der Waals surface area contributed by atoms with Crippen molar-refractivity contribution in [2.24, 2.45) is 11.8 Å². The molecule has 156 valence electrons. The molecule has 2 aliphatic heterocycles. The Labute approximate surface area is 177 Å². The molecule has 0 atom stereocenters. The van der Waals surface area contributed by atoms with Gasteiger partial charge in [-0.25, -0.2) is 0 Å². The number of nitrogens with zero attached hydrogens (tertiary/aromatic N) is 2. The number of piperidine rings is 1. The van der Waals surface area contributed by atoms with Crippen LogP contribution in [0.4, 0.5) is 5.69 Å². The molecule has 0 radical (unpaired) electrons. The Morgan fingerprint density at radius 3 is 2.50 bits per heavy atom. The number of hydrogen-bond donors (Lipinski definition) is 1. The van der Waals surface area contributed by atoms with E-state index in [9.17, 15) is 10.4 Å². The average Bonchev–Trinajstić information content (AvgIpc) is 2.77. The van der Waals surface area contributed by atoms with Gasteiger partial charge in [-0.1, -0.05) is 18.2 Å². The molecule has 1 N–H and O–H groups in total. The minimum Gasteiger partial charge on any atom is -0.486 e. The zero-order valence-corrected chi connectivity index (χ0v) is 17.2. The quantitative estimate of drug-likeness (QED) is 0.820. The minimum atomic E-state index is -0.0587. The predicted molar refractivity (Wildman–Crippen MR) is 116 cm³/mol. The van der Waals surface area contributed by atoms with E-state index in [1.165, 1.54) is 6.42 Å². The van der Waals surface area contributed by atoms with Crippen LogP contribution < -0.4 is 14.4 Å². The molecule has 2 heterocycles. The van der Waals surface area contributed by atoms with Crippen molar-refractivity contribution >= 4 is 5.69 Å². The Kier molecular flexibility index (Phi) is 5.26. The molecule has 5 nitrogen and oxygen atoms in total. The highest BCUT2D eigenvalue weighted by Gasteiger charge is 2.31. The Morgan fingerprint density at radius 2 is 1.77 bits per heavy atom. The van der Waals surface area contributed by atoms with Crippen LogP contribution in [0, 0.1) is 23.2 Å². The number of hydrogen-bond acceptors (Lipinski definition) is 5. The van der Waals surface area contributed by atoms with Crippen molar-refractivity contribution in [3.05, 3.63) is 42.0 Å². The number of aliphatic hydroxyl groups excluding tert-OH is 1. The summed E-state index contributed by atoms with van der Waals surface area (Å²) in [5.41, 5.74) is 3.69. The maximum atomic E-state index is 10.0. The third-order valence-electron chi connectivity index (χ3n) is 6.84. The number of nitriles is 1. The number of aliphatic hydroxyl groups is 1. The molecule has 0 bridgehead atoms. The van der Waals surface area contributed by atoms with Crippen LogP contribution in [0.2, 0.25) is 0 Å². The van der Waals surface area contributed by atoms with Gasteiger partial charge >= 0.3 is 0 Å². The first-order valence-corrected chi connectivity index (χ1v) is 11.1. The Balaban J connectivity index is 1.34. The maximum absolute atomic E-state index is 10.0. The van der Waals surface area contributed by atoms with E-state index in [0.29, 0.717) is 19.1 Å². The van der Waals surface area contributed by atoms with Crippen molar-refractivity contribution in [3.63, 3.8) is 0 Å². The molecule has 1 saturated carbocycles. The van der Waals surface area contributed by atoms with Crippen LogP contribution in [0.1, 0.15) is 37.7 Å². The average molecular weight is 405 g/mol. The summed E-state index contributed by atoms with van der Waals surface area (Å²) in [4.78, 5) is 2.37. The molecule has 0 amide bonds. The fourth-order valence-electron chi connectivity index (χ4n) is 5.15. The van der Waals surface area contributed by atoms with Gasteiger partial charge < -0.3 is 19.5 Å². The van der Waals surface area contributed by atoms with Crippen LogP contribution in [-0.2, 0) is 0 Å². The normalized spacial score (nSPS) is 23.5. The van der Waals surface area contributed by atoms with Crippen LogP contribution in [-0.4, -0.2) is 37.5 Å². The van der Waals surface area contributed by atoms with Gasteiger partial charge in [0.2, 0.25) is 0 Å². The van der Waals surface area contributed by atoms with Gasteiger partial charge in [0.15, 0.2) is 11.5 Å². The molecule has 0 spiro atoms. The number of rotatable bonds is 4. The maximum Gasteiger partial charge on any atom is 0.161 e. The van der Waals surface area contributed by atoms with E-state index in [4.69, 9.17) is 9.47 Å². The first-order chi connectivity index (χ1) is 14.7. The van der Waals surface area contributed by atoms with Gasteiger partial charge in [0.05, 0.1) is 17.4 Å². The molecule has 0 unspecified atom stereocenters. The van der Waals surface area contributed by atoms with Gasteiger partial charge in [-0.2, -0.15) is 5.26 Å². The summed E-state index contributed by atoms with van der Waals surface area (Å²) in [6, 6.07) is 14.5. The minimum absolute atomic E-state index is 0.0587. The first-order valence-electron chi connectivity index (χ1n) is 11.1. The van der Waals surface area contributed by atoms with Gasteiger partial charge in [-0.3, -0.25) is 0 Å². The number of anilines is 1. The number of ether oxygens (including phenoxy) is 2. The summed E-state index contributed by atoms with van der Waals surface area (Å²) in [6.07, 6.45) is 5.47. The van der Waals surface area contributed by atoms with E-state index in [2.05, 4.69) is 17.0 Å². The largest absolute Gasteiger partial charge is 0.486 e. The van der Waals surface area contributed by atoms with E-state index >= 15 is 0 Å². The molecule has 2 aromatic rings. The summed E-state index contributed by atoms with van der Waals surface area (Å²) in [5, 5.41) is 19.5. The van der Waals surface area contributed by atoms with Gasteiger partial charge in [-0.05, 0) is 67.7 Å². The second kappa shape index (κ2) is 8.20. The molecule has 5 heteroatoms. The summed E-state index contributed by atoms with van der Waals surface area (Å²) >= 11 is 0. The van der Waals surface area contributed by atoms with E-state index in [-0.39, 0.29) is 6.10 Å². The van der Waals surface area contributed by atoms with Crippen molar-refractivity contribution in [2.75, 3.05) is 31.2 Å². The lowest BCUT2D eigenvalue weighted by atomic mass is 9.75. The molecule has 5 rings (SSSR count). The second-order valence-electron chi connectivity index (χ2n) is 8.83. The molecule has 2 aromatic carbocycles. The van der Waals surface area contributed by atoms with E-state index in [0.717, 1.165) is 78.6 Å². The number of fused-ring (bicyclic) bond motifs is 1. The molecule has 0 aromatic heterocycles. The topological polar surface area (TPSA) is 65.7 Å². The lowest BCUT2D eigenvalue weighted by Gasteiger charge is -2.39. The van der Waals surface area contributed by atoms with Gasteiger partial charge in [0.1, 0.15) is 19.3 Å². The fraction of sp³-hybridized carbons (Fsp3) is 0.480. The zero-order chi connectivity index (χ0) is 20.5. The smallest absolute Gasteiger partial charge is 0.161 e. The van der Waals surface area contributed by atoms with Crippen LogP contribution in [0.3, 0.4) is 0 Å². The van der Waals surface area contributed by atoms with Gasteiger partial charge in [0, 0.05) is 18.7 Å². The molecule has 30 heavy (non-hydrogen) atoms. The first kappa shape index (κ1) is 19.3. The standard InChI is InChI=1S/C25H28N2O3/c26-16-22-21(19-4-5-24-25(15-19)30-11-10-29-24)2-1-3-23(22)27-8-6-17(7-9-27)12-18-13-20(28)14-18/h1-5,15,17-18,20,28H,6-14H2. The Morgan fingerprint density at radius 1 is 1.00 bits per heavy atom. The Bertz CT molecular complexity index is 953. The van der Waals surface area contributed by atoms with Crippen LogP contribution in [0.25, 0.3) is 11.1 Å². The molecular weight excluding hydrogens is 376 g/mol. The lowest BCUT2D eigenvalue weighted by Crippen LogP contribution is -2.37. The third kappa shape index (κ3) is 3.73. The zero-order valence-electron chi connectivity index (χ0n) is 17.2. The van der Waals surface area contributed by atoms with Crippen LogP contribution >= 0.6 is 0 Å². The summed E-state index contributed by atoms with van der Waals surface area (Å²) in [7, 11) is 0. The molecule has 2 fully saturated rings. The molecule has 1 saturated heterocycles. The SMILES string of the molecule is N#Cc1c(-c2ccc3c(c2)OCCO3)cccc1N1CCC(CC2CC(O)C2)CC1. The van der Waals surface area contributed by atoms with Crippen molar-refractivity contribution in [3.8, 4) is 28.7 Å². The van der Waals surface area contributed by atoms with E-state index < -0.39 is 0 Å². The summed E-state index contributed by atoms with van der Waals surface area (Å²) < 4.78 is 11.4. The Hall–Kier alpha value is -2.71. The van der Waals surface area contributed by atoms with Gasteiger partial charge in [-0.15, -0.1) is 0 Å². The van der Waals surface area contributed by atoms with E-state index in [1.54, 1.807) is 0 Å². The van der Waals surface area contributed by atoms with Crippen molar-refractivity contribution in [2.45, 2.75) is 38.2 Å². The monoisotopic (exact) mass is 404 g/mol. The highest BCUT2D eigenvalue weighted by atomic mass is 16.6. The highest BCUT2D eigenvalue weighted by Crippen LogP contribution is 2.40. The third-order valence-corrected chi connectivity index (χ3v) is 6.84. The molecule has 1 aliphatic carbocycles.